The number of carbonyl (C=O) groups is 1. The van der Waals surface area contributed by atoms with Crippen LogP contribution in [0.4, 0.5) is 5.69 Å². The highest BCUT2D eigenvalue weighted by molar-refractivity contribution is 7.92. The molecule has 0 aromatic heterocycles. The summed E-state index contributed by atoms with van der Waals surface area (Å²) in [6.07, 6.45) is 6.59. The highest BCUT2D eigenvalue weighted by atomic mass is 32.2. The van der Waals surface area contributed by atoms with Gasteiger partial charge in [-0.05, 0) is 67.5 Å². The molecule has 0 N–H and O–H groups in total. The Hall–Kier alpha value is -3.04. The first kappa shape index (κ1) is 27.5. The Labute approximate surface area is 216 Å². The van der Waals surface area contributed by atoms with Crippen molar-refractivity contribution >= 4 is 21.7 Å². The zero-order valence-electron chi connectivity index (χ0n) is 21.9. The molecule has 1 aliphatic heterocycles. The van der Waals surface area contributed by atoms with E-state index >= 15 is 0 Å². The number of fused-ring (bicyclic) bond motifs is 1. The average Bonchev–Trinajstić information content (AvgIpc) is 3.30. The number of nitrogens with zero attached hydrogens (tertiary/aromatic N) is 1. The fourth-order valence-electron chi connectivity index (χ4n) is 4.52. The van der Waals surface area contributed by atoms with E-state index in [0.29, 0.717) is 30.6 Å². The van der Waals surface area contributed by atoms with E-state index in [4.69, 9.17) is 4.74 Å². The van der Waals surface area contributed by atoms with Crippen LogP contribution in [0.15, 0.2) is 47.4 Å². The first-order chi connectivity index (χ1) is 17.2. The average molecular weight is 508 g/mol. The molecular formula is C30H37NO4S. The molecule has 6 heteroatoms. The van der Waals surface area contributed by atoms with Gasteiger partial charge in [0, 0.05) is 30.5 Å². The molecule has 5 nitrogen and oxygen atoms in total. The van der Waals surface area contributed by atoms with E-state index in [1.807, 2.05) is 25.1 Å². The fraction of sp³-hybridized carbons (Fsp3) is 0.433. The molecule has 2 aromatic rings. The summed E-state index contributed by atoms with van der Waals surface area (Å²) in [4.78, 5) is 12.5. The molecule has 192 valence electrons. The number of esters is 1. The number of hydrogen-bond donors (Lipinski definition) is 0. The number of unbranched alkanes of at least 4 members (excludes halogenated alkanes) is 3. The number of benzene rings is 2. The van der Waals surface area contributed by atoms with Crippen molar-refractivity contribution in [1.82, 2.24) is 0 Å². The molecule has 0 amide bonds. The summed E-state index contributed by atoms with van der Waals surface area (Å²) < 4.78 is 33.7. The minimum atomic E-state index is -3.74. The third kappa shape index (κ3) is 6.02. The van der Waals surface area contributed by atoms with Crippen LogP contribution in [0.3, 0.4) is 0 Å². The number of carbonyl (C=O) groups excluding carboxylic acids is 1. The first-order valence-corrected chi connectivity index (χ1v) is 14.2. The van der Waals surface area contributed by atoms with Crippen LogP contribution < -0.4 is 4.31 Å². The molecule has 0 unspecified atom stereocenters. The molecule has 0 atom stereocenters. The molecule has 0 spiro atoms. The normalized spacial score (nSPS) is 12.6. The second-order valence-corrected chi connectivity index (χ2v) is 11.2. The molecule has 0 saturated carbocycles. The van der Waals surface area contributed by atoms with Crippen molar-refractivity contribution in [3.8, 4) is 11.8 Å². The van der Waals surface area contributed by atoms with Gasteiger partial charge in [-0.1, -0.05) is 62.8 Å². The predicted octanol–water partition coefficient (Wildman–Crippen LogP) is 5.90. The second kappa shape index (κ2) is 12.3. The molecule has 36 heavy (non-hydrogen) atoms. The minimum absolute atomic E-state index is 0.270. The predicted molar refractivity (Wildman–Crippen MR) is 146 cm³/mol. The van der Waals surface area contributed by atoms with Crippen LogP contribution in [0.5, 0.6) is 0 Å². The Morgan fingerprint density at radius 3 is 2.47 bits per heavy atom. The van der Waals surface area contributed by atoms with E-state index in [1.165, 1.54) is 11.4 Å². The van der Waals surface area contributed by atoms with Gasteiger partial charge in [0.05, 0.1) is 17.7 Å². The van der Waals surface area contributed by atoms with Gasteiger partial charge in [0.15, 0.2) is 0 Å². The largest absolute Gasteiger partial charge is 0.466 e. The number of aryl methyl sites for hydroxylation is 1. The van der Waals surface area contributed by atoms with Crippen LogP contribution in [0.2, 0.25) is 0 Å². The van der Waals surface area contributed by atoms with Gasteiger partial charge in [-0.25, -0.2) is 13.2 Å². The summed E-state index contributed by atoms with van der Waals surface area (Å²) in [6, 6.07) is 8.88. The van der Waals surface area contributed by atoms with E-state index in [-0.39, 0.29) is 4.90 Å². The van der Waals surface area contributed by atoms with E-state index < -0.39 is 16.0 Å². The first-order valence-electron chi connectivity index (χ1n) is 12.8. The summed E-state index contributed by atoms with van der Waals surface area (Å²) >= 11 is 0. The van der Waals surface area contributed by atoms with Crippen LogP contribution in [-0.4, -0.2) is 28.0 Å². The van der Waals surface area contributed by atoms with Gasteiger partial charge in [-0.2, -0.15) is 0 Å². The zero-order chi connectivity index (χ0) is 26.3. The van der Waals surface area contributed by atoms with Gasteiger partial charge in [0.25, 0.3) is 10.0 Å². The van der Waals surface area contributed by atoms with Crippen molar-refractivity contribution in [3.05, 3.63) is 70.3 Å². The Morgan fingerprint density at radius 1 is 1.14 bits per heavy atom. The molecule has 0 fully saturated rings. The molecular weight excluding hydrogens is 470 g/mol. The molecule has 0 saturated heterocycles. The molecule has 1 heterocycles. The summed E-state index contributed by atoms with van der Waals surface area (Å²) in [7, 11) is -2.40. The highest BCUT2D eigenvalue weighted by Crippen LogP contribution is 2.39. The van der Waals surface area contributed by atoms with Crippen molar-refractivity contribution < 1.29 is 17.9 Å². The van der Waals surface area contributed by atoms with Gasteiger partial charge in [0.1, 0.15) is 0 Å². The monoisotopic (exact) mass is 507 g/mol. The number of ether oxygens (including phenoxy) is 1. The van der Waals surface area contributed by atoms with Gasteiger partial charge < -0.3 is 4.74 Å². The maximum Gasteiger partial charge on any atom is 0.333 e. The molecule has 0 aliphatic carbocycles. The van der Waals surface area contributed by atoms with Crippen molar-refractivity contribution in [2.75, 3.05) is 18.0 Å². The third-order valence-corrected chi connectivity index (χ3v) is 8.41. The molecule has 0 radical (unpaired) electrons. The Bertz CT molecular complexity index is 1280. The Morgan fingerprint density at radius 2 is 1.83 bits per heavy atom. The topological polar surface area (TPSA) is 63.7 Å². The van der Waals surface area contributed by atoms with Crippen LogP contribution in [-0.2, 0) is 38.8 Å². The van der Waals surface area contributed by atoms with Gasteiger partial charge in [0.2, 0.25) is 0 Å². The molecule has 0 bridgehead atoms. The number of hydrogen-bond acceptors (Lipinski definition) is 4. The summed E-state index contributed by atoms with van der Waals surface area (Å²) in [6.45, 7) is 10.5. The summed E-state index contributed by atoms with van der Waals surface area (Å²) in [5.74, 6) is 6.28. The smallest absolute Gasteiger partial charge is 0.333 e. The minimum Gasteiger partial charge on any atom is -0.466 e. The van der Waals surface area contributed by atoms with E-state index in [2.05, 4.69) is 32.3 Å². The quantitative estimate of drug-likeness (QED) is 0.174. The maximum absolute atomic E-state index is 13.7. The van der Waals surface area contributed by atoms with Gasteiger partial charge in [-0.3, -0.25) is 4.31 Å². The lowest BCUT2D eigenvalue weighted by molar-refractivity contribution is -0.136. The van der Waals surface area contributed by atoms with Crippen LogP contribution >= 0.6 is 0 Å². The lowest BCUT2D eigenvalue weighted by Crippen LogP contribution is -2.29. The number of rotatable bonds is 10. The van der Waals surface area contributed by atoms with Gasteiger partial charge in [-0.15, -0.1) is 0 Å². The van der Waals surface area contributed by atoms with Crippen LogP contribution in [0.25, 0.3) is 0 Å². The standard InChI is InChI=1S/C30H37NO4S/c1-6-8-10-11-13-27-26(12-9-7-2)24(20-23(4)30(32)35-5)21-29-28(27)18-19-31(29)36(33,34)25-16-14-22(3)15-17-25/h14-17,21H,4,6-10,12,18-20H2,1-3,5H3. The lowest BCUT2D eigenvalue weighted by Gasteiger charge is -2.22. The SMILES string of the molecule is C=C(Cc1cc2c(c(C#CCCCC)c1CCCC)CCN2S(=O)(=O)c1ccc(C)cc1)C(=O)OC. The van der Waals surface area contributed by atoms with Crippen molar-refractivity contribution in [1.29, 1.82) is 0 Å². The molecule has 2 aromatic carbocycles. The van der Waals surface area contributed by atoms with Crippen molar-refractivity contribution in [2.24, 2.45) is 0 Å². The fourth-order valence-corrected chi connectivity index (χ4v) is 6.00. The Kier molecular flexibility index (Phi) is 9.39. The van der Waals surface area contributed by atoms with Crippen LogP contribution in [0, 0.1) is 18.8 Å². The zero-order valence-corrected chi connectivity index (χ0v) is 22.8. The number of anilines is 1. The van der Waals surface area contributed by atoms with Gasteiger partial charge >= 0.3 is 5.97 Å². The van der Waals surface area contributed by atoms with E-state index in [9.17, 15) is 13.2 Å². The number of sulfonamides is 1. The summed E-state index contributed by atoms with van der Waals surface area (Å²) in [5, 5.41) is 0. The highest BCUT2D eigenvalue weighted by Gasteiger charge is 2.34. The maximum atomic E-state index is 13.7. The summed E-state index contributed by atoms with van der Waals surface area (Å²) in [5.41, 5.74) is 5.89. The molecule has 3 rings (SSSR count). The number of methoxy groups -OCH3 is 1. The molecule has 1 aliphatic rings. The van der Waals surface area contributed by atoms with Crippen molar-refractivity contribution in [3.63, 3.8) is 0 Å². The van der Waals surface area contributed by atoms with E-state index in [1.54, 1.807) is 12.1 Å². The second-order valence-electron chi connectivity index (χ2n) is 9.31. The third-order valence-electron chi connectivity index (χ3n) is 6.58. The lowest BCUT2D eigenvalue weighted by atomic mass is 9.88. The Balaban J connectivity index is 2.19. The van der Waals surface area contributed by atoms with Crippen LogP contribution in [0.1, 0.15) is 73.8 Å². The van der Waals surface area contributed by atoms with E-state index in [0.717, 1.165) is 66.3 Å². The van der Waals surface area contributed by atoms with Crippen molar-refractivity contribution in [2.45, 2.75) is 77.0 Å².